The maximum absolute atomic E-state index is 12.3. The predicted octanol–water partition coefficient (Wildman–Crippen LogP) is 3.83. The number of anilines is 1. The van der Waals surface area contributed by atoms with Gasteiger partial charge in [-0.25, -0.2) is 4.98 Å². The van der Waals surface area contributed by atoms with Gasteiger partial charge in [-0.05, 0) is 37.5 Å². The van der Waals surface area contributed by atoms with Crippen LogP contribution in [0.4, 0.5) is 5.69 Å². The number of nitrogens with zero attached hydrogens (tertiary/aromatic N) is 2. The van der Waals surface area contributed by atoms with Gasteiger partial charge in [0.05, 0.1) is 23.0 Å². The van der Waals surface area contributed by atoms with E-state index >= 15 is 0 Å². The largest absolute Gasteiger partial charge is 0.482 e. The molecule has 144 valence electrons. The van der Waals surface area contributed by atoms with Crippen LogP contribution in [-0.4, -0.2) is 36.6 Å². The monoisotopic (exact) mass is 388 g/mol. The number of carbonyl (C=O) groups is 2. The number of aromatic nitrogens is 1. The molecule has 1 amide bonds. The lowest BCUT2D eigenvalue weighted by Crippen LogP contribution is -2.42. The number of thiazole rings is 1. The number of amides is 1. The highest BCUT2D eigenvalue weighted by molar-refractivity contribution is 7.09. The second-order valence-electron chi connectivity index (χ2n) is 6.40. The molecule has 1 aliphatic heterocycles. The van der Waals surface area contributed by atoms with Crippen molar-refractivity contribution in [1.82, 2.24) is 4.98 Å². The van der Waals surface area contributed by atoms with Crippen LogP contribution in [0.25, 0.3) is 11.3 Å². The van der Waals surface area contributed by atoms with Gasteiger partial charge in [-0.3, -0.25) is 14.5 Å². The highest BCUT2D eigenvalue weighted by Crippen LogP contribution is 2.36. The van der Waals surface area contributed by atoms with E-state index < -0.39 is 5.97 Å². The molecule has 0 unspecified atom stereocenters. The van der Waals surface area contributed by atoms with E-state index in [1.165, 1.54) is 4.90 Å². The normalized spacial score (nSPS) is 13.3. The fourth-order valence-corrected chi connectivity index (χ4v) is 3.72. The minimum absolute atomic E-state index is 0.0774. The summed E-state index contributed by atoms with van der Waals surface area (Å²) in [5, 5.41) is 3.11. The molecule has 0 bridgehead atoms. The third-order valence-electron chi connectivity index (χ3n) is 4.26. The molecule has 1 aliphatic rings. The van der Waals surface area contributed by atoms with Crippen LogP contribution in [0, 0.1) is 0 Å². The number of unbranched alkanes of at least 4 members (excludes halogenated alkanes) is 1. The molecule has 0 aliphatic carbocycles. The Hall–Kier alpha value is -2.41. The third-order valence-corrected chi connectivity index (χ3v) is 5.17. The summed E-state index contributed by atoms with van der Waals surface area (Å²) in [5.74, 6) is -0.0743. The van der Waals surface area contributed by atoms with Crippen molar-refractivity contribution in [2.45, 2.75) is 39.5 Å². The van der Waals surface area contributed by atoms with E-state index in [-0.39, 0.29) is 19.1 Å². The maximum atomic E-state index is 12.3. The predicted molar refractivity (Wildman–Crippen MR) is 105 cm³/mol. The van der Waals surface area contributed by atoms with Crippen molar-refractivity contribution in [3.63, 3.8) is 0 Å². The Labute approximate surface area is 163 Å². The topological polar surface area (TPSA) is 68.7 Å². The number of carbonyl (C=O) groups excluding carboxylic acids is 2. The smallest absolute Gasteiger partial charge is 0.326 e. The number of rotatable bonds is 8. The van der Waals surface area contributed by atoms with Crippen molar-refractivity contribution in [3.8, 4) is 17.0 Å². The summed E-state index contributed by atoms with van der Waals surface area (Å²) >= 11 is 1.63. The molecule has 0 spiro atoms. The molecular formula is C20H24N2O4S. The highest BCUT2D eigenvalue weighted by Gasteiger charge is 2.28. The highest BCUT2D eigenvalue weighted by atomic mass is 32.1. The minimum atomic E-state index is -0.408. The zero-order valence-electron chi connectivity index (χ0n) is 15.7. The molecule has 7 heteroatoms. The number of benzene rings is 1. The molecule has 0 saturated heterocycles. The summed E-state index contributed by atoms with van der Waals surface area (Å²) < 4.78 is 10.7. The molecule has 6 nitrogen and oxygen atoms in total. The molecule has 1 aromatic carbocycles. The molecule has 0 radical (unpaired) electrons. The van der Waals surface area contributed by atoms with Crippen LogP contribution in [0.5, 0.6) is 5.75 Å². The fourth-order valence-electron chi connectivity index (χ4n) is 2.81. The zero-order chi connectivity index (χ0) is 19.2. The molecule has 0 N–H and O–H groups in total. The van der Waals surface area contributed by atoms with Gasteiger partial charge in [-0.2, -0.15) is 0 Å². The molecule has 3 rings (SSSR count). The lowest BCUT2D eigenvalue weighted by Gasteiger charge is -2.29. The molecule has 0 fully saturated rings. The van der Waals surface area contributed by atoms with E-state index in [0.29, 0.717) is 18.0 Å². The van der Waals surface area contributed by atoms with Gasteiger partial charge in [0.15, 0.2) is 6.61 Å². The number of fused-ring (bicyclic) bond motifs is 1. The summed E-state index contributed by atoms with van der Waals surface area (Å²) in [5.41, 5.74) is 2.35. The van der Waals surface area contributed by atoms with Gasteiger partial charge in [-0.15, -0.1) is 11.3 Å². The molecule has 1 aromatic heterocycles. The van der Waals surface area contributed by atoms with Crippen LogP contribution < -0.4 is 9.64 Å². The number of hydrogen-bond acceptors (Lipinski definition) is 6. The second kappa shape index (κ2) is 8.99. The first kappa shape index (κ1) is 19.4. The van der Waals surface area contributed by atoms with Gasteiger partial charge >= 0.3 is 5.97 Å². The number of esters is 1. The van der Waals surface area contributed by atoms with Crippen LogP contribution in [0.1, 0.15) is 38.1 Å². The lowest BCUT2D eigenvalue weighted by molar-refractivity contribution is -0.143. The first-order valence-electron chi connectivity index (χ1n) is 9.30. The molecule has 0 atom stereocenters. The standard InChI is InChI=1S/C20H24N2O4S/c1-3-5-9-25-20(24)11-22-16-10-14(7-8-17(16)26-12-19(22)23)15-13-27-18(21-15)6-4-2/h7-8,10,13H,3-6,9,11-12H2,1-2H3. The van der Waals surface area contributed by atoms with Crippen molar-refractivity contribution in [3.05, 3.63) is 28.6 Å². The molecule has 2 aromatic rings. The Balaban J connectivity index is 1.82. The van der Waals surface area contributed by atoms with E-state index in [4.69, 9.17) is 9.47 Å². The van der Waals surface area contributed by atoms with Gasteiger partial charge in [0, 0.05) is 10.9 Å². The van der Waals surface area contributed by atoms with Gasteiger partial charge < -0.3 is 9.47 Å². The van der Waals surface area contributed by atoms with Gasteiger partial charge in [-0.1, -0.05) is 20.3 Å². The van der Waals surface area contributed by atoms with E-state index in [9.17, 15) is 9.59 Å². The van der Waals surface area contributed by atoms with E-state index in [1.807, 2.05) is 30.5 Å². The number of aryl methyl sites for hydroxylation is 1. The summed E-state index contributed by atoms with van der Waals surface area (Å²) in [4.78, 5) is 30.5. The Morgan fingerprint density at radius 2 is 2.19 bits per heavy atom. The summed E-state index contributed by atoms with van der Waals surface area (Å²) in [6.07, 6.45) is 3.76. The van der Waals surface area contributed by atoms with Crippen molar-refractivity contribution in [1.29, 1.82) is 0 Å². The average molecular weight is 388 g/mol. The summed E-state index contributed by atoms with van der Waals surface area (Å²) in [7, 11) is 0. The van der Waals surface area contributed by atoms with Gasteiger partial charge in [0.2, 0.25) is 0 Å². The van der Waals surface area contributed by atoms with Crippen LogP contribution in [0.2, 0.25) is 0 Å². The van der Waals surface area contributed by atoms with Crippen molar-refractivity contribution in [2.24, 2.45) is 0 Å². The van der Waals surface area contributed by atoms with Crippen LogP contribution in [-0.2, 0) is 20.7 Å². The van der Waals surface area contributed by atoms with Gasteiger partial charge in [0.25, 0.3) is 5.91 Å². The first-order chi connectivity index (χ1) is 13.1. The summed E-state index contributed by atoms with van der Waals surface area (Å²) in [6, 6.07) is 5.61. The maximum Gasteiger partial charge on any atom is 0.326 e. The van der Waals surface area contributed by atoms with Crippen LogP contribution in [0.3, 0.4) is 0 Å². The average Bonchev–Trinajstić information content (AvgIpc) is 3.13. The number of hydrogen-bond donors (Lipinski definition) is 0. The van der Waals surface area contributed by atoms with E-state index in [2.05, 4.69) is 11.9 Å². The Bertz CT molecular complexity index is 818. The minimum Gasteiger partial charge on any atom is -0.482 e. The Kier molecular flexibility index (Phi) is 6.45. The van der Waals surface area contributed by atoms with Crippen molar-refractivity contribution >= 4 is 28.9 Å². The number of ether oxygens (including phenoxy) is 2. The molecule has 0 saturated carbocycles. The van der Waals surface area contributed by atoms with Crippen LogP contribution in [0.15, 0.2) is 23.6 Å². The quantitative estimate of drug-likeness (QED) is 0.508. The van der Waals surface area contributed by atoms with E-state index in [0.717, 1.165) is 41.9 Å². The lowest BCUT2D eigenvalue weighted by atomic mass is 10.1. The third kappa shape index (κ3) is 4.66. The second-order valence-corrected chi connectivity index (χ2v) is 7.34. The van der Waals surface area contributed by atoms with E-state index in [1.54, 1.807) is 11.3 Å². The first-order valence-corrected chi connectivity index (χ1v) is 10.2. The Morgan fingerprint density at radius 1 is 1.33 bits per heavy atom. The van der Waals surface area contributed by atoms with Crippen molar-refractivity contribution in [2.75, 3.05) is 24.7 Å². The zero-order valence-corrected chi connectivity index (χ0v) is 16.5. The SMILES string of the molecule is CCCCOC(=O)CN1C(=O)COc2ccc(-c3csc(CCC)n3)cc21. The van der Waals surface area contributed by atoms with Crippen LogP contribution >= 0.6 is 11.3 Å². The Morgan fingerprint density at radius 3 is 2.96 bits per heavy atom. The molecule has 27 heavy (non-hydrogen) atoms. The van der Waals surface area contributed by atoms with Gasteiger partial charge in [0.1, 0.15) is 12.3 Å². The fraction of sp³-hybridized carbons (Fsp3) is 0.450. The van der Waals surface area contributed by atoms with Crippen molar-refractivity contribution < 1.29 is 19.1 Å². The molecule has 2 heterocycles. The molecular weight excluding hydrogens is 364 g/mol. The summed E-state index contributed by atoms with van der Waals surface area (Å²) in [6.45, 7) is 4.34.